The Hall–Kier alpha value is -1.49. The van der Waals surface area contributed by atoms with Gasteiger partial charge in [0.2, 0.25) is 0 Å². The Balaban J connectivity index is 2.28. The van der Waals surface area contributed by atoms with Crippen LogP contribution in [0.15, 0.2) is 40.4 Å². The zero-order valence-corrected chi connectivity index (χ0v) is 7.38. The summed E-state index contributed by atoms with van der Waals surface area (Å²) >= 11 is 1.37. The molecule has 1 aromatic carbocycles. The summed E-state index contributed by atoms with van der Waals surface area (Å²) in [6.07, 6.45) is 0.977. The molecule has 1 aliphatic heterocycles. The average Bonchev–Trinajstić information content (AvgIpc) is 2.44. The topological polar surface area (TPSA) is 55.2 Å². The van der Waals surface area contributed by atoms with Crippen molar-refractivity contribution in [2.24, 2.45) is 0 Å². The lowest BCUT2D eigenvalue weighted by atomic mass is 10.3. The molecule has 0 saturated heterocycles. The van der Waals surface area contributed by atoms with Crippen molar-refractivity contribution in [3.8, 4) is 0 Å². The number of hydrogen-bond acceptors (Lipinski definition) is 4. The summed E-state index contributed by atoms with van der Waals surface area (Å²) in [5.74, 6) is 0. The van der Waals surface area contributed by atoms with E-state index >= 15 is 0 Å². The molecule has 0 atom stereocenters. The number of rotatable bonds is 1. The average molecular weight is 194 g/mol. The Kier molecular flexibility index (Phi) is 1.94. The second-order valence-electron chi connectivity index (χ2n) is 2.50. The molecular formula is C8H6N2O2S. The van der Waals surface area contributed by atoms with Crippen molar-refractivity contribution >= 4 is 17.4 Å². The molecular weight excluding hydrogens is 188 g/mol. The van der Waals surface area contributed by atoms with E-state index in [4.69, 9.17) is 0 Å². The van der Waals surface area contributed by atoms with Gasteiger partial charge in [0.05, 0.1) is 10.6 Å². The van der Waals surface area contributed by atoms with E-state index in [0.29, 0.717) is 5.03 Å². The first kappa shape index (κ1) is 8.12. The minimum Gasteiger partial charge on any atom is -0.344 e. The van der Waals surface area contributed by atoms with Gasteiger partial charge in [-0.05, 0) is 12.1 Å². The highest BCUT2D eigenvalue weighted by Gasteiger charge is 2.16. The van der Waals surface area contributed by atoms with Gasteiger partial charge in [-0.2, -0.15) is 0 Å². The van der Waals surface area contributed by atoms with E-state index < -0.39 is 4.92 Å². The summed E-state index contributed by atoms with van der Waals surface area (Å²) in [4.78, 5) is 10.7. The highest BCUT2D eigenvalue weighted by molar-refractivity contribution is 8.03. The standard InChI is InChI=1S/C8H6N2O2S/c11-10(12)5-8-9-6-3-1-2-4-7(6)13-8/h1-5,9H/b8-5-. The molecule has 0 aliphatic carbocycles. The summed E-state index contributed by atoms with van der Waals surface area (Å²) in [5.41, 5.74) is 0.931. The van der Waals surface area contributed by atoms with Crippen molar-refractivity contribution < 1.29 is 4.92 Å². The molecule has 5 heteroatoms. The maximum atomic E-state index is 10.2. The van der Waals surface area contributed by atoms with Crippen LogP contribution in [0.3, 0.4) is 0 Å². The molecule has 0 aromatic heterocycles. The van der Waals surface area contributed by atoms with E-state index in [1.54, 1.807) is 0 Å². The van der Waals surface area contributed by atoms with Crippen molar-refractivity contribution in [2.75, 3.05) is 5.32 Å². The van der Waals surface area contributed by atoms with Gasteiger partial charge in [-0.15, -0.1) is 0 Å². The van der Waals surface area contributed by atoms with Crippen LogP contribution in [0.1, 0.15) is 0 Å². The molecule has 4 nitrogen and oxygen atoms in total. The smallest absolute Gasteiger partial charge is 0.264 e. The van der Waals surface area contributed by atoms with Gasteiger partial charge in [-0.3, -0.25) is 10.1 Å². The largest absolute Gasteiger partial charge is 0.344 e. The van der Waals surface area contributed by atoms with Gasteiger partial charge in [0.15, 0.2) is 0 Å². The number of thioether (sulfide) groups is 1. The van der Waals surface area contributed by atoms with Crippen molar-refractivity contribution in [2.45, 2.75) is 4.90 Å². The summed E-state index contributed by atoms with van der Waals surface area (Å²) in [6.45, 7) is 0. The quantitative estimate of drug-likeness (QED) is 0.550. The highest BCUT2D eigenvalue weighted by Crippen LogP contribution is 2.40. The van der Waals surface area contributed by atoms with E-state index in [1.165, 1.54) is 11.8 Å². The number of anilines is 1. The number of nitrogens with zero attached hydrogens (tertiary/aromatic N) is 1. The van der Waals surface area contributed by atoms with Crippen molar-refractivity contribution in [3.05, 3.63) is 45.6 Å². The molecule has 1 aliphatic rings. The summed E-state index contributed by atoms with van der Waals surface area (Å²) in [6, 6.07) is 7.61. The Morgan fingerprint density at radius 2 is 2.23 bits per heavy atom. The zero-order chi connectivity index (χ0) is 9.26. The van der Waals surface area contributed by atoms with Crippen LogP contribution in [0.25, 0.3) is 0 Å². The summed E-state index contributed by atoms with van der Waals surface area (Å²) in [5, 5.41) is 13.7. The van der Waals surface area contributed by atoms with Gasteiger partial charge in [0.25, 0.3) is 6.20 Å². The predicted octanol–water partition coefficient (Wildman–Crippen LogP) is 2.28. The number of nitro groups is 1. The maximum Gasteiger partial charge on any atom is 0.264 e. The Labute approximate surface area is 78.8 Å². The zero-order valence-electron chi connectivity index (χ0n) is 6.56. The minimum absolute atomic E-state index is 0.457. The SMILES string of the molecule is O=[N+]([O-])/C=C1/Nc2ccccc2S1. The van der Waals surface area contributed by atoms with E-state index in [1.807, 2.05) is 24.3 Å². The lowest BCUT2D eigenvalue weighted by Gasteiger charge is -1.93. The molecule has 0 unspecified atom stereocenters. The summed E-state index contributed by atoms with van der Waals surface area (Å²) < 4.78 is 0. The third-order valence-corrected chi connectivity index (χ3v) is 2.59. The first-order valence-electron chi connectivity index (χ1n) is 3.65. The fourth-order valence-electron chi connectivity index (χ4n) is 1.09. The lowest BCUT2D eigenvalue weighted by molar-refractivity contribution is -0.402. The van der Waals surface area contributed by atoms with Gasteiger partial charge in [-0.25, -0.2) is 0 Å². The third kappa shape index (κ3) is 1.65. The van der Waals surface area contributed by atoms with Gasteiger partial charge in [0.1, 0.15) is 5.03 Å². The van der Waals surface area contributed by atoms with Gasteiger partial charge < -0.3 is 5.32 Å². The molecule has 0 saturated carbocycles. The monoisotopic (exact) mass is 194 g/mol. The van der Waals surface area contributed by atoms with Crippen LogP contribution in [0, 0.1) is 10.1 Å². The van der Waals surface area contributed by atoms with Gasteiger partial charge >= 0.3 is 0 Å². The van der Waals surface area contributed by atoms with E-state index in [0.717, 1.165) is 16.8 Å². The molecule has 0 bridgehead atoms. The Bertz CT molecular complexity index is 362. The van der Waals surface area contributed by atoms with Crippen LogP contribution < -0.4 is 5.32 Å². The molecule has 1 N–H and O–H groups in total. The second kappa shape index (κ2) is 3.10. The fourth-order valence-corrected chi connectivity index (χ4v) is 2.00. The van der Waals surface area contributed by atoms with Crippen LogP contribution in [0.5, 0.6) is 0 Å². The first-order valence-corrected chi connectivity index (χ1v) is 4.46. The van der Waals surface area contributed by atoms with Gasteiger partial charge in [-0.1, -0.05) is 23.9 Å². The molecule has 13 heavy (non-hydrogen) atoms. The Morgan fingerprint density at radius 3 is 2.92 bits per heavy atom. The van der Waals surface area contributed by atoms with Crippen LogP contribution in [0.2, 0.25) is 0 Å². The fraction of sp³-hybridized carbons (Fsp3) is 0. The van der Waals surface area contributed by atoms with Crippen LogP contribution in [0.4, 0.5) is 5.69 Å². The van der Waals surface area contributed by atoms with Crippen molar-refractivity contribution in [3.63, 3.8) is 0 Å². The molecule has 66 valence electrons. The predicted molar refractivity (Wildman–Crippen MR) is 51.0 cm³/mol. The normalized spacial score (nSPS) is 16.8. The molecule has 2 rings (SSSR count). The highest BCUT2D eigenvalue weighted by atomic mass is 32.2. The van der Waals surface area contributed by atoms with E-state index in [-0.39, 0.29) is 0 Å². The number of fused-ring (bicyclic) bond motifs is 1. The molecule has 0 fully saturated rings. The number of para-hydroxylation sites is 1. The van der Waals surface area contributed by atoms with Gasteiger partial charge in [0, 0.05) is 4.90 Å². The second-order valence-corrected chi connectivity index (χ2v) is 3.59. The molecule has 0 amide bonds. The first-order chi connectivity index (χ1) is 6.25. The maximum absolute atomic E-state index is 10.2. The number of nitrogens with one attached hydrogen (secondary N) is 1. The molecule has 1 heterocycles. The van der Waals surface area contributed by atoms with Crippen LogP contribution in [-0.4, -0.2) is 4.92 Å². The third-order valence-electron chi connectivity index (χ3n) is 1.59. The number of benzene rings is 1. The van der Waals surface area contributed by atoms with Crippen LogP contribution >= 0.6 is 11.8 Å². The Morgan fingerprint density at radius 1 is 1.46 bits per heavy atom. The van der Waals surface area contributed by atoms with Crippen molar-refractivity contribution in [1.82, 2.24) is 0 Å². The number of hydrogen-bond donors (Lipinski definition) is 1. The van der Waals surface area contributed by atoms with Crippen LogP contribution in [-0.2, 0) is 0 Å². The lowest BCUT2D eigenvalue weighted by Crippen LogP contribution is -1.92. The summed E-state index contributed by atoms with van der Waals surface area (Å²) in [7, 11) is 0. The molecule has 0 radical (unpaired) electrons. The van der Waals surface area contributed by atoms with Crippen molar-refractivity contribution in [1.29, 1.82) is 0 Å². The molecule has 0 spiro atoms. The minimum atomic E-state index is -0.457. The van der Waals surface area contributed by atoms with E-state index in [2.05, 4.69) is 5.32 Å². The van der Waals surface area contributed by atoms with E-state index in [9.17, 15) is 10.1 Å². The molecule has 1 aromatic rings.